The number of esters is 1. The molecular weight excluding hydrogens is 338 g/mol. The zero-order valence-corrected chi connectivity index (χ0v) is 15.0. The molecule has 0 aromatic heterocycles. The van der Waals surface area contributed by atoms with Crippen LogP contribution in [0.3, 0.4) is 0 Å². The Labute approximate surface area is 152 Å². The average Bonchev–Trinajstić information content (AvgIpc) is 2.61. The molecule has 0 N–H and O–H groups in total. The van der Waals surface area contributed by atoms with Crippen LogP contribution in [0.2, 0.25) is 5.02 Å². The molecule has 0 fully saturated rings. The Bertz CT molecular complexity index is 775. The van der Waals surface area contributed by atoms with Gasteiger partial charge in [-0.05, 0) is 31.5 Å². The van der Waals surface area contributed by atoms with Gasteiger partial charge in [0.05, 0.1) is 18.6 Å². The van der Waals surface area contributed by atoms with Crippen molar-refractivity contribution >= 4 is 23.8 Å². The van der Waals surface area contributed by atoms with Crippen LogP contribution in [-0.4, -0.2) is 24.8 Å². The highest BCUT2D eigenvalue weighted by atomic mass is 35.5. The maximum absolute atomic E-state index is 12.3. The molecule has 0 spiro atoms. The summed E-state index contributed by atoms with van der Waals surface area (Å²) in [6, 6.07) is 7.40. The van der Waals surface area contributed by atoms with Crippen molar-refractivity contribution in [3.63, 3.8) is 0 Å². The van der Waals surface area contributed by atoms with Gasteiger partial charge >= 0.3 is 5.97 Å². The number of carbonyl (C=O) groups excluding carboxylic acids is 1. The maximum Gasteiger partial charge on any atom is 0.343 e. The van der Waals surface area contributed by atoms with E-state index in [9.17, 15) is 4.79 Å². The van der Waals surface area contributed by atoms with E-state index in [2.05, 4.69) is 11.1 Å². The van der Waals surface area contributed by atoms with Crippen LogP contribution in [0.1, 0.15) is 19.4 Å². The van der Waals surface area contributed by atoms with Crippen LogP contribution >= 0.6 is 11.6 Å². The molecule has 0 saturated heterocycles. The topological polar surface area (TPSA) is 47.9 Å². The first-order chi connectivity index (χ1) is 12.1. The Morgan fingerprint density at radius 2 is 2.04 bits per heavy atom. The number of allylic oxidation sites excluding steroid dienone is 2. The van der Waals surface area contributed by atoms with E-state index in [1.54, 1.807) is 13.1 Å². The summed E-state index contributed by atoms with van der Waals surface area (Å²) in [6.45, 7) is 4.46. The van der Waals surface area contributed by atoms with Crippen LogP contribution in [0.5, 0.6) is 0 Å². The van der Waals surface area contributed by atoms with Crippen molar-refractivity contribution in [3.05, 3.63) is 70.0 Å². The second kappa shape index (κ2) is 7.70. The number of halogens is 1. The van der Waals surface area contributed by atoms with Crippen LogP contribution in [0.25, 0.3) is 0 Å². The minimum Gasteiger partial charge on any atom is -0.492 e. The Hall–Kier alpha value is -2.33. The van der Waals surface area contributed by atoms with Crippen LogP contribution < -0.4 is 0 Å². The quantitative estimate of drug-likeness (QED) is 0.740. The van der Waals surface area contributed by atoms with Gasteiger partial charge in [0, 0.05) is 11.2 Å². The van der Waals surface area contributed by atoms with Gasteiger partial charge in [0.15, 0.2) is 0 Å². The van der Waals surface area contributed by atoms with Crippen molar-refractivity contribution in [2.24, 2.45) is 10.9 Å². The smallest absolute Gasteiger partial charge is 0.343 e. The standard InChI is InChI=1S/C20H20ClNO3/c1-3-24-20(23)17-11-22-18-9-4-13(2)10-16(18)19(17)25-12-14-5-7-15(21)8-6-14/h4-11,16,18H,3,12H2,1-2H3/t16-,18+/m0/s1. The Morgan fingerprint density at radius 1 is 1.28 bits per heavy atom. The number of hydrogen-bond acceptors (Lipinski definition) is 4. The lowest BCUT2D eigenvalue weighted by molar-refractivity contribution is -0.138. The van der Waals surface area contributed by atoms with Crippen molar-refractivity contribution in [2.45, 2.75) is 26.5 Å². The lowest BCUT2D eigenvalue weighted by Crippen LogP contribution is -2.29. The first-order valence-corrected chi connectivity index (χ1v) is 8.64. The summed E-state index contributed by atoms with van der Waals surface area (Å²) in [4.78, 5) is 16.8. The van der Waals surface area contributed by atoms with Gasteiger partial charge in [-0.2, -0.15) is 0 Å². The molecule has 3 rings (SSSR count). The van der Waals surface area contributed by atoms with Gasteiger partial charge in [0.25, 0.3) is 0 Å². The first-order valence-electron chi connectivity index (χ1n) is 8.27. The highest BCUT2D eigenvalue weighted by Crippen LogP contribution is 2.33. The number of dihydropyridines is 1. The normalized spacial score (nSPS) is 21.6. The fourth-order valence-corrected chi connectivity index (χ4v) is 2.99. The molecule has 0 unspecified atom stereocenters. The van der Waals surface area contributed by atoms with E-state index in [1.807, 2.05) is 43.3 Å². The molecule has 0 saturated carbocycles. The van der Waals surface area contributed by atoms with Crippen molar-refractivity contribution < 1.29 is 14.3 Å². The molecule has 0 bridgehead atoms. The molecule has 25 heavy (non-hydrogen) atoms. The van der Waals surface area contributed by atoms with Gasteiger partial charge in [0.2, 0.25) is 0 Å². The van der Waals surface area contributed by atoms with Gasteiger partial charge in [-0.25, -0.2) is 4.79 Å². The fraction of sp³-hybridized carbons (Fsp3) is 0.300. The SMILES string of the molecule is CCOC(=O)C1=C(OCc2ccc(Cl)cc2)[C@H]2C=C(C)C=C[C@H]2N=C1. The molecular formula is C20H20ClNO3. The number of aliphatic imine (C=N–C) groups is 1. The average molecular weight is 358 g/mol. The highest BCUT2D eigenvalue weighted by Gasteiger charge is 2.33. The van der Waals surface area contributed by atoms with Crippen molar-refractivity contribution in [2.75, 3.05) is 6.61 Å². The molecule has 1 aliphatic heterocycles. The van der Waals surface area contributed by atoms with E-state index < -0.39 is 5.97 Å². The summed E-state index contributed by atoms with van der Waals surface area (Å²) in [5, 5.41) is 0.677. The van der Waals surface area contributed by atoms with E-state index in [0.29, 0.717) is 29.6 Å². The molecule has 4 nitrogen and oxygen atoms in total. The second-order valence-electron chi connectivity index (χ2n) is 5.98. The van der Waals surface area contributed by atoms with Gasteiger partial charge in [0.1, 0.15) is 17.9 Å². The summed E-state index contributed by atoms with van der Waals surface area (Å²) in [5.41, 5.74) is 2.48. The molecule has 0 radical (unpaired) electrons. The van der Waals surface area contributed by atoms with Crippen LogP contribution in [0.4, 0.5) is 0 Å². The second-order valence-corrected chi connectivity index (χ2v) is 6.41. The van der Waals surface area contributed by atoms with Crippen LogP contribution in [0, 0.1) is 5.92 Å². The number of ether oxygens (including phenoxy) is 2. The van der Waals surface area contributed by atoms with E-state index in [1.165, 1.54) is 0 Å². The predicted molar refractivity (Wildman–Crippen MR) is 98.6 cm³/mol. The largest absolute Gasteiger partial charge is 0.492 e. The summed E-state index contributed by atoms with van der Waals surface area (Å²) < 4.78 is 11.2. The minimum atomic E-state index is -0.406. The Balaban J connectivity index is 1.89. The van der Waals surface area contributed by atoms with Crippen molar-refractivity contribution in [1.29, 1.82) is 0 Å². The van der Waals surface area contributed by atoms with Crippen LogP contribution in [-0.2, 0) is 20.9 Å². The maximum atomic E-state index is 12.3. The van der Waals surface area contributed by atoms with Gasteiger partial charge in [-0.1, -0.05) is 47.5 Å². The lowest BCUT2D eigenvalue weighted by atomic mass is 9.87. The summed E-state index contributed by atoms with van der Waals surface area (Å²) in [7, 11) is 0. The molecule has 1 aromatic rings. The Kier molecular flexibility index (Phi) is 5.39. The van der Waals surface area contributed by atoms with E-state index >= 15 is 0 Å². The molecule has 1 heterocycles. The predicted octanol–water partition coefficient (Wildman–Crippen LogP) is 4.26. The lowest BCUT2D eigenvalue weighted by Gasteiger charge is -2.29. The monoisotopic (exact) mass is 357 g/mol. The number of nitrogens with zero attached hydrogens (tertiary/aromatic N) is 1. The molecule has 1 aliphatic carbocycles. The third kappa shape index (κ3) is 4.02. The summed E-state index contributed by atoms with van der Waals surface area (Å²) >= 11 is 5.92. The molecule has 0 amide bonds. The van der Waals surface area contributed by atoms with Crippen LogP contribution in [0.15, 0.2) is 64.4 Å². The molecule has 2 aliphatic rings. The van der Waals surface area contributed by atoms with Crippen molar-refractivity contribution in [1.82, 2.24) is 0 Å². The third-order valence-electron chi connectivity index (χ3n) is 4.11. The zero-order chi connectivity index (χ0) is 17.8. The van der Waals surface area contributed by atoms with Gasteiger partial charge in [-0.15, -0.1) is 0 Å². The number of carbonyl (C=O) groups is 1. The zero-order valence-electron chi connectivity index (χ0n) is 14.2. The number of fused-ring (bicyclic) bond motifs is 1. The van der Waals surface area contributed by atoms with Crippen molar-refractivity contribution in [3.8, 4) is 0 Å². The highest BCUT2D eigenvalue weighted by molar-refractivity contribution is 6.30. The van der Waals surface area contributed by atoms with E-state index in [0.717, 1.165) is 11.1 Å². The number of benzene rings is 1. The third-order valence-corrected chi connectivity index (χ3v) is 4.37. The summed E-state index contributed by atoms with van der Waals surface area (Å²) in [6.07, 6.45) is 7.71. The number of hydrogen-bond donors (Lipinski definition) is 0. The van der Waals surface area contributed by atoms with Gasteiger partial charge in [-0.3, -0.25) is 4.99 Å². The van der Waals surface area contributed by atoms with Gasteiger partial charge < -0.3 is 9.47 Å². The van der Waals surface area contributed by atoms with E-state index in [-0.39, 0.29) is 12.0 Å². The molecule has 130 valence electrons. The molecule has 5 heteroatoms. The Morgan fingerprint density at radius 3 is 2.76 bits per heavy atom. The molecule has 2 atom stereocenters. The van der Waals surface area contributed by atoms with E-state index in [4.69, 9.17) is 21.1 Å². The number of rotatable bonds is 5. The fourth-order valence-electron chi connectivity index (χ4n) is 2.86. The molecule has 1 aromatic carbocycles. The summed E-state index contributed by atoms with van der Waals surface area (Å²) in [5.74, 6) is 0.107. The minimum absolute atomic E-state index is 0.0536. The first kappa shape index (κ1) is 17.5.